The number of nitrogens with one attached hydrogen (secondary N) is 1. The number of hydrogen-bond acceptors (Lipinski definition) is 6. The summed E-state index contributed by atoms with van der Waals surface area (Å²) < 4.78 is 25.5. The van der Waals surface area contributed by atoms with Gasteiger partial charge in [-0.05, 0) is 24.6 Å². The van der Waals surface area contributed by atoms with Gasteiger partial charge < -0.3 is 11.1 Å². The van der Waals surface area contributed by atoms with Crippen molar-refractivity contribution >= 4 is 44.2 Å². The van der Waals surface area contributed by atoms with E-state index in [4.69, 9.17) is 17.3 Å². The van der Waals surface area contributed by atoms with Crippen LogP contribution in [0.25, 0.3) is 16.6 Å². The molecule has 1 saturated heterocycles. The summed E-state index contributed by atoms with van der Waals surface area (Å²) in [6.07, 6.45) is 3.87. The predicted octanol–water partition coefficient (Wildman–Crippen LogP) is 1.96. The molecule has 0 unspecified atom stereocenters. The molecule has 1 aliphatic heterocycles. The third kappa shape index (κ3) is 3.60. The van der Waals surface area contributed by atoms with Crippen molar-refractivity contribution in [3.8, 4) is 11.1 Å². The van der Waals surface area contributed by atoms with Gasteiger partial charge in [-0.3, -0.25) is 4.79 Å². The van der Waals surface area contributed by atoms with E-state index >= 15 is 0 Å². The Morgan fingerprint density at radius 2 is 2.19 bits per heavy atom. The lowest BCUT2D eigenvalue weighted by molar-refractivity contribution is 0.0934. The molecule has 3 aromatic rings. The number of fused-ring (bicyclic) bond motifs is 1. The van der Waals surface area contributed by atoms with Crippen LogP contribution >= 0.6 is 22.9 Å². The molecule has 0 aromatic carbocycles. The molecule has 0 bridgehead atoms. The minimum Gasteiger partial charge on any atom is -0.347 e. The fourth-order valence-corrected chi connectivity index (χ4v) is 6.04. The van der Waals surface area contributed by atoms with E-state index in [2.05, 4.69) is 10.4 Å². The molecule has 3 N–H and O–H groups in total. The molecule has 3 aromatic heterocycles. The molecule has 142 valence electrons. The Balaban J connectivity index is 1.57. The Bertz CT molecular complexity index is 1120. The number of rotatable bonds is 3. The largest absolute Gasteiger partial charge is 0.347 e. The van der Waals surface area contributed by atoms with Crippen LogP contribution in [0, 0.1) is 0 Å². The molecule has 1 aliphatic rings. The molecule has 4 rings (SSSR count). The minimum atomic E-state index is -3.12. The molecule has 7 nitrogen and oxygen atoms in total. The number of nitrogens with zero attached hydrogens (tertiary/aromatic N) is 2. The summed E-state index contributed by atoms with van der Waals surface area (Å²) in [5.41, 5.74) is 8.40. The number of halogens is 1. The van der Waals surface area contributed by atoms with Gasteiger partial charge in [-0.25, -0.2) is 12.9 Å². The second-order valence-electron chi connectivity index (χ2n) is 6.53. The zero-order valence-corrected chi connectivity index (χ0v) is 16.5. The van der Waals surface area contributed by atoms with E-state index in [9.17, 15) is 13.2 Å². The number of sulfone groups is 1. The van der Waals surface area contributed by atoms with E-state index in [1.807, 2.05) is 24.4 Å². The Morgan fingerprint density at radius 1 is 1.37 bits per heavy atom. The maximum Gasteiger partial charge on any atom is 0.261 e. The molecule has 27 heavy (non-hydrogen) atoms. The summed E-state index contributed by atoms with van der Waals surface area (Å²) in [5.74, 6) is -0.384. The molecule has 1 amide bonds. The first kappa shape index (κ1) is 18.4. The first-order chi connectivity index (χ1) is 12.8. The second-order valence-corrected chi connectivity index (χ2v) is 10.4. The summed E-state index contributed by atoms with van der Waals surface area (Å²) in [7, 11) is -3.12. The smallest absolute Gasteiger partial charge is 0.261 e. The van der Waals surface area contributed by atoms with Crippen LogP contribution in [0.15, 0.2) is 36.7 Å². The van der Waals surface area contributed by atoms with Crippen LogP contribution in [-0.4, -0.2) is 47.5 Å². The van der Waals surface area contributed by atoms with Crippen molar-refractivity contribution in [3.63, 3.8) is 0 Å². The molecule has 0 radical (unpaired) electrons. The number of nitrogens with two attached hydrogens (primary N) is 1. The van der Waals surface area contributed by atoms with Gasteiger partial charge in [0.15, 0.2) is 9.84 Å². The van der Waals surface area contributed by atoms with E-state index in [1.54, 1.807) is 16.8 Å². The van der Waals surface area contributed by atoms with Crippen molar-refractivity contribution in [1.29, 1.82) is 0 Å². The normalized spacial score (nSPS) is 22.0. The highest BCUT2D eigenvalue weighted by Crippen LogP contribution is 2.37. The van der Waals surface area contributed by atoms with E-state index in [-0.39, 0.29) is 23.5 Å². The lowest BCUT2D eigenvalue weighted by atomic mass is 10.1. The number of amides is 1. The topological polar surface area (TPSA) is 107 Å². The molecule has 2 atom stereocenters. The molecule has 1 fully saturated rings. The molecule has 0 aliphatic carbocycles. The minimum absolute atomic E-state index is 0.0322. The van der Waals surface area contributed by atoms with Crippen molar-refractivity contribution in [2.45, 2.75) is 18.5 Å². The predicted molar refractivity (Wildman–Crippen MR) is 106 cm³/mol. The number of carbonyl (C=O) groups excluding carboxylic acids is 1. The maximum absolute atomic E-state index is 12.6. The van der Waals surface area contributed by atoms with Crippen LogP contribution in [0.5, 0.6) is 0 Å². The van der Waals surface area contributed by atoms with E-state index in [1.165, 1.54) is 11.3 Å². The standard InChI is InChI=1S/C17H17ClN4O3S2/c18-16-10(11-8-20-22-5-2-1-3-14(11)22)7-15(26-16)17(23)21-13-4-6-27(24,25)9-12(13)19/h1-3,5,7-8,12-13H,4,6,9,19H2,(H,21,23)/t12-,13-/m0/s1. The number of hydrogen-bond donors (Lipinski definition) is 2. The van der Waals surface area contributed by atoms with Crippen molar-refractivity contribution in [2.75, 3.05) is 11.5 Å². The second kappa shape index (κ2) is 6.90. The van der Waals surface area contributed by atoms with Gasteiger partial charge in [-0.2, -0.15) is 5.10 Å². The average molecular weight is 425 g/mol. The van der Waals surface area contributed by atoms with E-state index in [0.29, 0.717) is 15.6 Å². The highest BCUT2D eigenvalue weighted by atomic mass is 35.5. The monoisotopic (exact) mass is 424 g/mol. The van der Waals surface area contributed by atoms with Gasteiger partial charge in [-0.1, -0.05) is 17.7 Å². The van der Waals surface area contributed by atoms with Crippen molar-refractivity contribution in [2.24, 2.45) is 5.73 Å². The van der Waals surface area contributed by atoms with Crippen molar-refractivity contribution in [3.05, 3.63) is 45.9 Å². The van der Waals surface area contributed by atoms with Crippen LogP contribution in [0.4, 0.5) is 0 Å². The number of aromatic nitrogens is 2. The molecule has 10 heteroatoms. The fraction of sp³-hybridized carbons (Fsp3) is 0.294. The van der Waals surface area contributed by atoms with Crippen molar-refractivity contribution < 1.29 is 13.2 Å². The third-order valence-electron chi connectivity index (χ3n) is 4.65. The lowest BCUT2D eigenvalue weighted by Crippen LogP contribution is -2.54. The molecular weight excluding hydrogens is 408 g/mol. The van der Waals surface area contributed by atoms with Crippen LogP contribution < -0.4 is 11.1 Å². The lowest BCUT2D eigenvalue weighted by Gasteiger charge is -2.29. The molecule has 0 saturated carbocycles. The first-order valence-electron chi connectivity index (χ1n) is 8.33. The third-order valence-corrected chi connectivity index (χ3v) is 7.75. The van der Waals surface area contributed by atoms with Crippen LogP contribution in [-0.2, 0) is 9.84 Å². The highest BCUT2D eigenvalue weighted by Gasteiger charge is 2.32. The van der Waals surface area contributed by atoms with Gasteiger partial charge in [0.2, 0.25) is 0 Å². The van der Waals surface area contributed by atoms with Crippen LogP contribution in [0.3, 0.4) is 0 Å². The number of carbonyl (C=O) groups is 1. The van der Waals surface area contributed by atoms with E-state index < -0.39 is 15.9 Å². The van der Waals surface area contributed by atoms with Gasteiger partial charge >= 0.3 is 0 Å². The zero-order chi connectivity index (χ0) is 19.2. The zero-order valence-electron chi connectivity index (χ0n) is 14.1. The van der Waals surface area contributed by atoms with Gasteiger partial charge in [0.05, 0.1) is 28.1 Å². The number of pyridine rings is 1. The Hall–Kier alpha value is -1.94. The van der Waals surface area contributed by atoms with Gasteiger partial charge in [0.25, 0.3) is 5.91 Å². The van der Waals surface area contributed by atoms with Crippen LogP contribution in [0.1, 0.15) is 16.1 Å². The van der Waals surface area contributed by atoms with Crippen molar-refractivity contribution in [1.82, 2.24) is 14.9 Å². The van der Waals surface area contributed by atoms with Gasteiger partial charge in [0, 0.05) is 29.4 Å². The van der Waals surface area contributed by atoms with Crippen LogP contribution in [0.2, 0.25) is 4.34 Å². The molecule has 0 spiro atoms. The Morgan fingerprint density at radius 3 is 2.96 bits per heavy atom. The SMILES string of the molecule is N[C@H]1CS(=O)(=O)CC[C@@H]1NC(=O)c1cc(-c2cnn3ccccc23)c(Cl)s1. The summed E-state index contributed by atoms with van der Waals surface area (Å²) in [6, 6.07) is 6.47. The number of thiophene rings is 1. The summed E-state index contributed by atoms with van der Waals surface area (Å²) in [6.45, 7) is 0. The average Bonchev–Trinajstić information content (AvgIpc) is 3.20. The highest BCUT2D eigenvalue weighted by molar-refractivity contribution is 7.91. The quantitative estimate of drug-likeness (QED) is 0.668. The molecule has 4 heterocycles. The van der Waals surface area contributed by atoms with Gasteiger partial charge in [-0.15, -0.1) is 11.3 Å². The molecular formula is C17H17ClN4O3S2. The summed E-state index contributed by atoms with van der Waals surface area (Å²) >= 11 is 7.56. The Kier molecular flexibility index (Phi) is 4.71. The first-order valence-corrected chi connectivity index (χ1v) is 11.3. The van der Waals surface area contributed by atoms with E-state index in [0.717, 1.165) is 16.6 Å². The summed E-state index contributed by atoms with van der Waals surface area (Å²) in [5, 5.41) is 7.14. The fourth-order valence-electron chi connectivity index (χ4n) is 3.24. The Labute approximate surface area is 165 Å². The van der Waals surface area contributed by atoms with Gasteiger partial charge in [0.1, 0.15) is 4.34 Å². The maximum atomic E-state index is 12.6. The summed E-state index contributed by atoms with van der Waals surface area (Å²) in [4.78, 5) is 13.1.